The Morgan fingerprint density at radius 2 is 1.64 bits per heavy atom. The van der Waals surface area contributed by atoms with Gasteiger partial charge < -0.3 is 15.7 Å². The number of hydrogen-bond acceptors (Lipinski definition) is 3. The molecule has 4 atom stereocenters. The molecule has 3 nitrogen and oxygen atoms in total. The predicted molar refractivity (Wildman–Crippen MR) is 105 cm³/mol. The molecule has 134 valence electrons. The smallest absolute Gasteiger partial charge is 0.0869 e. The van der Waals surface area contributed by atoms with Gasteiger partial charge in [-0.3, -0.25) is 0 Å². The first-order valence-corrected chi connectivity index (χ1v) is 9.29. The topological polar surface area (TPSA) is 44.3 Å². The Hall–Kier alpha value is -1.39. The van der Waals surface area contributed by atoms with E-state index in [1.165, 1.54) is 11.1 Å². The lowest BCUT2D eigenvalue weighted by Crippen LogP contribution is -2.66. The molecule has 0 aliphatic carbocycles. The molecular weight excluding hydrogens is 332 g/mol. The first-order valence-electron chi connectivity index (χ1n) is 8.91. The number of halogens is 1. The van der Waals surface area contributed by atoms with E-state index < -0.39 is 6.10 Å². The number of nitrogens with one attached hydrogen (secondary N) is 2. The number of benzene rings is 2. The summed E-state index contributed by atoms with van der Waals surface area (Å²) in [5, 5.41) is 18.3. The van der Waals surface area contributed by atoms with Crippen LogP contribution in [0.3, 0.4) is 0 Å². The van der Waals surface area contributed by atoms with E-state index in [2.05, 4.69) is 48.7 Å². The Kier molecular flexibility index (Phi) is 5.49. The Bertz CT molecular complexity index is 701. The highest BCUT2D eigenvalue weighted by Crippen LogP contribution is 2.26. The van der Waals surface area contributed by atoms with Crippen molar-refractivity contribution in [1.29, 1.82) is 0 Å². The van der Waals surface area contributed by atoms with Crippen LogP contribution in [0.15, 0.2) is 48.5 Å². The van der Waals surface area contributed by atoms with Crippen molar-refractivity contribution in [3.8, 4) is 11.1 Å². The summed E-state index contributed by atoms with van der Waals surface area (Å²) in [6, 6.07) is 16.9. The molecule has 1 saturated heterocycles. The molecule has 1 aliphatic heterocycles. The molecule has 1 aliphatic rings. The largest absolute Gasteiger partial charge is 0.390 e. The summed E-state index contributed by atoms with van der Waals surface area (Å²) in [6.45, 7) is 7.08. The molecule has 25 heavy (non-hydrogen) atoms. The number of hydrogen-bond donors (Lipinski definition) is 3. The fourth-order valence-electron chi connectivity index (χ4n) is 3.85. The molecule has 1 fully saturated rings. The molecule has 2 aromatic rings. The van der Waals surface area contributed by atoms with Gasteiger partial charge in [0.15, 0.2) is 0 Å². The molecule has 0 saturated carbocycles. The van der Waals surface area contributed by atoms with Gasteiger partial charge in [-0.25, -0.2) is 0 Å². The van der Waals surface area contributed by atoms with E-state index in [4.69, 9.17) is 11.6 Å². The lowest BCUT2D eigenvalue weighted by Gasteiger charge is -2.46. The molecule has 0 unspecified atom stereocenters. The number of piperidine rings is 1. The van der Waals surface area contributed by atoms with Crippen LogP contribution in [0.4, 0.5) is 0 Å². The molecule has 0 radical (unpaired) electrons. The highest BCUT2D eigenvalue weighted by atomic mass is 35.5. The van der Waals surface area contributed by atoms with Crippen LogP contribution in [0.5, 0.6) is 0 Å². The van der Waals surface area contributed by atoms with Gasteiger partial charge in [0.25, 0.3) is 0 Å². The molecule has 0 bridgehead atoms. The van der Waals surface area contributed by atoms with Crippen LogP contribution in [0.2, 0.25) is 5.02 Å². The number of rotatable bonds is 4. The van der Waals surface area contributed by atoms with Crippen LogP contribution in [-0.4, -0.2) is 28.8 Å². The Balaban J connectivity index is 1.66. The van der Waals surface area contributed by atoms with Crippen molar-refractivity contribution in [2.45, 2.75) is 57.5 Å². The molecule has 0 spiro atoms. The standard InChI is InChI=1S/C21H27ClN2O/c1-14-12-21(3,20(25)15(2)24-14)23-13-16-4-6-17(7-5-16)18-8-10-19(22)11-9-18/h4-11,14-15,20,23-25H,12-13H2,1-3H3/t14-,15-,20-,21-/m0/s1. The average Bonchev–Trinajstić information content (AvgIpc) is 2.59. The third kappa shape index (κ3) is 4.24. The highest BCUT2D eigenvalue weighted by molar-refractivity contribution is 6.30. The molecule has 1 heterocycles. The van der Waals surface area contributed by atoms with Gasteiger partial charge in [-0.05, 0) is 56.0 Å². The van der Waals surface area contributed by atoms with Crippen LogP contribution < -0.4 is 10.6 Å². The molecule has 3 N–H and O–H groups in total. The van der Waals surface area contributed by atoms with Crippen LogP contribution in [-0.2, 0) is 6.54 Å². The third-order valence-electron chi connectivity index (χ3n) is 5.23. The van der Waals surface area contributed by atoms with Crippen molar-refractivity contribution in [1.82, 2.24) is 10.6 Å². The van der Waals surface area contributed by atoms with E-state index in [-0.39, 0.29) is 11.6 Å². The second-order valence-electron chi connectivity index (χ2n) is 7.48. The lowest BCUT2D eigenvalue weighted by atomic mass is 9.80. The monoisotopic (exact) mass is 358 g/mol. The van der Waals surface area contributed by atoms with E-state index in [0.717, 1.165) is 23.6 Å². The van der Waals surface area contributed by atoms with Crippen LogP contribution in [0.1, 0.15) is 32.8 Å². The summed E-state index contributed by atoms with van der Waals surface area (Å²) in [7, 11) is 0. The Labute approximate surface area is 155 Å². The van der Waals surface area contributed by atoms with Crippen molar-refractivity contribution in [3.05, 3.63) is 59.1 Å². The summed E-state index contributed by atoms with van der Waals surface area (Å²) in [6.07, 6.45) is 0.499. The van der Waals surface area contributed by atoms with Crippen molar-refractivity contribution in [2.75, 3.05) is 0 Å². The summed E-state index contributed by atoms with van der Waals surface area (Å²) < 4.78 is 0. The molecule has 4 heteroatoms. The predicted octanol–water partition coefficient (Wildman–Crippen LogP) is 3.99. The second kappa shape index (κ2) is 7.46. The van der Waals surface area contributed by atoms with Gasteiger partial charge in [0.1, 0.15) is 0 Å². The van der Waals surface area contributed by atoms with Gasteiger partial charge in [-0.2, -0.15) is 0 Å². The molecule has 2 aromatic carbocycles. The Morgan fingerprint density at radius 3 is 2.24 bits per heavy atom. The van der Waals surface area contributed by atoms with E-state index >= 15 is 0 Å². The minimum absolute atomic E-state index is 0.0912. The van der Waals surface area contributed by atoms with Crippen molar-refractivity contribution in [2.24, 2.45) is 0 Å². The number of aliphatic hydroxyl groups excluding tert-OH is 1. The van der Waals surface area contributed by atoms with Gasteiger partial charge in [0.2, 0.25) is 0 Å². The minimum Gasteiger partial charge on any atom is -0.390 e. The van der Waals surface area contributed by atoms with Crippen molar-refractivity contribution >= 4 is 11.6 Å². The zero-order valence-electron chi connectivity index (χ0n) is 15.1. The van der Waals surface area contributed by atoms with Gasteiger partial charge in [-0.1, -0.05) is 48.0 Å². The van der Waals surface area contributed by atoms with E-state index in [1.807, 2.05) is 31.2 Å². The molecule has 3 rings (SSSR count). The maximum absolute atomic E-state index is 10.6. The van der Waals surface area contributed by atoms with E-state index in [1.54, 1.807) is 0 Å². The SMILES string of the molecule is C[C@@H]1N[C@@H](C)C[C@](C)(NCc2ccc(-c3ccc(Cl)cc3)cc2)[C@H]1O. The normalized spacial score (nSPS) is 29.6. The number of aliphatic hydroxyl groups is 1. The van der Waals surface area contributed by atoms with Crippen LogP contribution in [0.25, 0.3) is 11.1 Å². The average molecular weight is 359 g/mol. The van der Waals surface area contributed by atoms with Gasteiger partial charge in [-0.15, -0.1) is 0 Å². The fourth-order valence-corrected chi connectivity index (χ4v) is 3.97. The Morgan fingerprint density at radius 1 is 1.08 bits per heavy atom. The highest BCUT2D eigenvalue weighted by Gasteiger charge is 2.41. The van der Waals surface area contributed by atoms with Gasteiger partial charge in [0, 0.05) is 29.2 Å². The maximum atomic E-state index is 10.6. The van der Waals surface area contributed by atoms with Gasteiger partial charge in [0.05, 0.1) is 6.10 Å². The molecule has 0 aromatic heterocycles. The summed E-state index contributed by atoms with van der Waals surface area (Å²) in [4.78, 5) is 0. The second-order valence-corrected chi connectivity index (χ2v) is 7.92. The summed E-state index contributed by atoms with van der Waals surface area (Å²) in [5.41, 5.74) is 3.27. The van der Waals surface area contributed by atoms with Gasteiger partial charge >= 0.3 is 0 Å². The third-order valence-corrected chi connectivity index (χ3v) is 5.48. The van der Waals surface area contributed by atoms with E-state index in [0.29, 0.717) is 6.04 Å². The molecular formula is C21H27ClN2O. The first kappa shape index (κ1) is 18.4. The summed E-state index contributed by atoms with van der Waals surface area (Å²) in [5.74, 6) is 0. The maximum Gasteiger partial charge on any atom is 0.0869 e. The van der Waals surface area contributed by atoms with Crippen LogP contribution in [0, 0.1) is 0 Å². The summed E-state index contributed by atoms with van der Waals surface area (Å²) >= 11 is 5.95. The minimum atomic E-state index is -0.406. The zero-order chi connectivity index (χ0) is 18.0. The lowest BCUT2D eigenvalue weighted by molar-refractivity contribution is 0.00175. The first-order chi connectivity index (χ1) is 11.9. The van der Waals surface area contributed by atoms with Crippen molar-refractivity contribution in [3.63, 3.8) is 0 Å². The fraction of sp³-hybridized carbons (Fsp3) is 0.429. The quantitative estimate of drug-likeness (QED) is 0.774. The van der Waals surface area contributed by atoms with E-state index in [9.17, 15) is 5.11 Å². The van der Waals surface area contributed by atoms with Crippen LogP contribution >= 0.6 is 11.6 Å². The molecule has 0 amide bonds. The zero-order valence-corrected chi connectivity index (χ0v) is 15.8. The van der Waals surface area contributed by atoms with Crippen molar-refractivity contribution < 1.29 is 5.11 Å².